The zero-order chi connectivity index (χ0) is 15.4. The number of rotatable bonds is 5. The number of halogens is 1. The van der Waals surface area contributed by atoms with E-state index in [1.54, 1.807) is 6.07 Å². The average molecular weight is 288 g/mol. The second kappa shape index (κ2) is 6.39. The van der Waals surface area contributed by atoms with E-state index in [1.807, 2.05) is 31.2 Å². The molecule has 2 rings (SSSR count). The fourth-order valence-corrected chi connectivity index (χ4v) is 1.93. The molecule has 0 saturated heterocycles. The van der Waals surface area contributed by atoms with Gasteiger partial charge in [0.1, 0.15) is 18.2 Å². The van der Waals surface area contributed by atoms with Crippen molar-refractivity contribution in [2.75, 3.05) is 0 Å². The van der Waals surface area contributed by atoms with Crippen molar-refractivity contribution in [3.8, 4) is 5.75 Å². The smallest absolute Gasteiger partial charge is 0.310 e. The molecule has 0 aliphatic rings. The molecule has 1 N–H and O–H groups in total. The molecule has 0 radical (unpaired) electrons. The van der Waals surface area contributed by atoms with Gasteiger partial charge in [-0.15, -0.1) is 0 Å². The van der Waals surface area contributed by atoms with E-state index < -0.39 is 17.7 Å². The van der Waals surface area contributed by atoms with Crippen LogP contribution in [0.25, 0.3) is 0 Å². The molecule has 0 aromatic heterocycles. The molecule has 0 fully saturated rings. The highest BCUT2D eigenvalue weighted by molar-refractivity contribution is 5.75. The van der Waals surface area contributed by atoms with Crippen LogP contribution in [0.2, 0.25) is 0 Å². The lowest BCUT2D eigenvalue weighted by Crippen LogP contribution is -2.09. The molecular formula is C17H17FO3. The maximum Gasteiger partial charge on any atom is 0.310 e. The van der Waals surface area contributed by atoms with Crippen LogP contribution in [0, 0.1) is 12.7 Å². The van der Waals surface area contributed by atoms with Crippen LogP contribution in [0.3, 0.4) is 0 Å². The van der Waals surface area contributed by atoms with E-state index in [0.717, 1.165) is 11.1 Å². The third-order valence-electron chi connectivity index (χ3n) is 3.33. The lowest BCUT2D eigenvalue weighted by atomic mass is 10.0. The van der Waals surface area contributed by atoms with Crippen LogP contribution in [-0.2, 0) is 11.4 Å². The lowest BCUT2D eigenvalue weighted by molar-refractivity contribution is -0.138. The normalized spacial score (nSPS) is 12.0. The number of carbonyl (C=O) groups is 1. The molecule has 3 nitrogen and oxygen atoms in total. The average Bonchev–Trinajstić information content (AvgIpc) is 2.46. The molecule has 4 heteroatoms. The summed E-state index contributed by atoms with van der Waals surface area (Å²) >= 11 is 0. The Labute approximate surface area is 123 Å². The van der Waals surface area contributed by atoms with Crippen LogP contribution in [0.15, 0.2) is 42.5 Å². The Morgan fingerprint density at radius 3 is 2.48 bits per heavy atom. The maximum atomic E-state index is 13.9. The number of carboxylic acid groups (broad SMARTS) is 1. The van der Waals surface area contributed by atoms with Crippen LogP contribution in [0.4, 0.5) is 4.39 Å². The van der Waals surface area contributed by atoms with Gasteiger partial charge in [-0.3, -0.25) is 4.79 Å². The van der Waals surface area contributed by atoms with E-state index in [2.05, 4.69) is 0 Å². The van der Waals surface area contributed by atoms with Gasteiger partial charge >= 0.3 is 5.97 Å². The number of aliphatic carboxylic acids is 1. The first kappa shape index (κ1) is 15.0. The molecule has 0 heterocycles. The Kier molecular flexibility index (Phi) is 4.58. The van der Waals surface area contributed by atoms with E-state index in [0.29, 0.717) is 12.4 Å². The SMILES string of the molecule is Cc1ccc(COc2ccc(C(C)C(=O)O)c(F)c2)cc1. The number of aryl methyl sites for hydroxylation is 1. The Morgan fingerprint density at radius 1 is 1.24 bits per heavy atom. The van der Waals surface area contributed by atoms with Crippen molar-refractivity contribution >= 4 is 5.97 Å². The third-order valence-corrected chi connectivity index (χ3v) is 3.33. The molecular weight excluding hydrogens is 271 g/mol. The summed E-state index contributed by atoms with van der Waals surface area (Å²) < 4.78 is 19.4. The van der Waals surface area contributed by atoms with E-state index in [4.69, 9.17) is 9.84 Å². The van der Waals surface area contributed by atoms with Gasteiger partial charge in [-0.25, -0.2) is 4.39 Å². The fraction of sp³-hybridized carbons (Fsp3) is 0.235. The van der Waals surface area contributed by atoms with Gasteiger partial charge in [-0.2, -0.15) is 0 Å². The van der Waals surface area contributed by atoms with Gasteiger partial charge in [0.05, 0.1) is 5.92 Å². The number of ether oxygens (including phenoxy) is 1. The Hall–Kier alpha value is -2.36. The Balaban J connectivity index is 2.06. The van der Waals surface area contributed by atoms with Crippen molar-refractivity contribution in [3.05, 3.63) is 65.0 Å². The van der Waals surface area contributed by atoms with Crippen molar-refractivity contribution in [3.63, 3.8) is 0 Å². The van der Waals surface area contributed by atoms with Crippen molar-refractivity contribution in [1.29, 1.82) is 0 Å². The second-order valence-corrected chi connectivity index (χ2v) is 5.02. The minimum Gasteiger partial charge on any atom is -0.489 e. The molecule has 21 heavy (non-hydrogen) atoms. The predicted molar refractivity (Wildman–Crippen MR) is 78.0 cm³/mol. The molecule has 1 unspecified atom stereocenters. The lowest BCUT2D eigenvalue weighted by Gasteiger charge is -2.11. The van der Waals surface area contributed by atoms with Gasteiger partial charge in [0.2, 0.25) is 0 Å². The molecule has 110 valence electrons. The van der Waals surface area contributed by atoms with Crippen molar-refractivity contribution in [2.24, 2.45) is 0 Å². The molecule has 0 bridgehead atoms. The second-order valence-electron chi connectivity index (χ2n) is 5.02. The first-order valence-electron chi connectivity index (χ1n) is 6.68. The highest BCUT2D eigenvalue weighted by Crippen LogP contribution is 2.24. The van der Waals surface area contributed by atoms with Crippen LogP contribution < -0.4 is 4.74 Å². The van der Waals surface area contributed by atoms with Crippen LogP contribution >= 0.6 is 0 Å². The molecule has 0 saturated carbocycles. The molecule has 0 amide bonds. The molecule has 2 aromatic carbocycles. The molecule has 2 aromatic rings. The summed E-state index contributed by atoms with van der Waals surface area (Å²) in [4.78, 5) is 10.9. The quantitative estimate of drug-likeness (QED) is 0.907. The highest BCUT2D eigenvalue weighted by atomic mass is 19.1. The monoisotopic (exact) mass is 288 g/mol. The van der Waals surface area contributed by atoms with Gasteiger partial charge in [-0.1, -0.05) is 35.9 Å². The van der Waals surface area contributed by atoms with E-state index in [-0.39, 0.29) is 5.56 Å². The van der Waals surface area contributed by atoms with Crippen LogP contribution in [0.1, 0.15) is 29.5 Å². The van der Waals surface area contributed by atoms with Gasteiger partial charge in [0.25, 0.3) is 0 Å². The first-order chi connectivity index (χ1) is 9.97. The Morgan fingerprint density at radius 2 is 1.90 bits per heavy atom. The number of benzene rings is 2. The zero-order valence-electron chi connectivity index (χ0n) is 12.0. The molecule has 0 spiro atoms. The standard InChI is InChI=1S/C17H17FO3/c1-11-3-5-13(6-4-11)10-21-14-7-8-15(16(18)9-14)12(2)17(19)20/h3-9,12H,10H2,1-2H3,(H,19,20). The van der Waals surface area contributed by atoms with Crippen LogP contribution in [0.5, 0.6) is 5.75 Å². The summed E-state index contributed by atoms with van der Waals surface area (Å²) in [5, 5.41) is 8.91. The number of hydrogen-bond donors (Lipinski definition) is 1. The van der Waals surface area contributed by atoms with Gasteiger partial charge in [-0.05, 0) is 25.5 Å². The molecule has 0 aliphatic heterocycles. The zero-order valence-corrected chi connectivity index (χ0v) is 12.0. The topological polar surface area (TPSA) is 46.5 Å². The summed E-state index contributed by atoms with van der Waals surface area (Å²) in [6, 6.07) is 12.1. The van der Waals surface area contributed by atoms with E-state index in [1.165, 1.54) is 19.1 Å². The van der Waals surface area contributed by atoms with Crippen molar-refractivity contribution < 1.29 is 19.0 Å². The predicted octanol–water partition coefficient (Wildman–Crippen LogP) is 3.90. The first-order valence-corrected chi connectivity index (χ1v) is 6.68. The van der Waals surface area contributed by atoms with Gasteiger partial charge in [0.15, 0.2) is 0 Å². The molecule has 1 atom stereocenters. The third kappa shape index (κ3) is 3.81. The van der Waals surface area contributed by atoms with E-state index in [9.17, 15) is 9.18 Å². The van der Waals surface area contributed by atoms with E-state index >= 15 is 0 Å². The summed E-state index contributed by atoms with van der Waals surface area (Å²) in [6.07, 6.45) is 0. The maximum absolute atomic E-state index is 13.9. The molecule has 0 aliphatic carbocycles. The summed E-state index contributed by atoms with van der Waals surface area (Å²) in [5.74, 6) is -2.11. The summed E-state index contributed by atoms with van der Waals surface area (Å²) in [6.45, 7) is 3.80. The largest absolute Gasteiger partial charge is 0.489 e. The minimum absolute atomic E-state index is 0.158. The van der Waals surface area contributed by atoms with Crippen LogP contribution in [-0.4, -0.2) is 11.1 Å². The summed E-state index contributed by atoms with van der Waals surface area (Å²) in [7, 11) is 0. The number of carboxylic acids is 1. The number of hydrogen-bond acceptors (Lipinski definition) is 2. The fourth-order valence-electron chi connectivity index (χ4n) is 1.93. The van der Waals surface area contributed by atoms with Crippen molar-refractivity contribution in [2.45, 2.75) is 26.4 Å². The van der Waals surface area contributed by atoms with Crippen molar-refractivity contribution in [1.82, 2.24) is 0 Å². The van der Waals surface area contributed by atoms with Gasteiger partial charge < -0.3 is 9.84 Å². The minimum atomic E-state index is -1.05. The van der Waals surface area contributed by atoms with Gasteiger partial charge in [0, 0.05) is 11.6 Å². The summed E-state index contributed by atoms with van der Waals surface area (Å²) in [5.41, 5.74) is 2.31. The highest BCUT2D eigenvalue weighted by Gasteiger charge is 2.18. The Bertz CT molecular complexity index is 635.